The fourth-order valence-electron chi connectivity index (χ4n) is 12.9. The normalized spacial score (nSPS) is 20.8. The van der Waals surface area contributed by atoms with Crippen LogP contribution in [0.25, 0.3) is 0 Å². The molecule has 6 aromatic carbocycles. The maximum absolute atomic E-state index is 2.77. The summed E-state index contributed by atoms with van der Waals surface area (Å²) in [5, 5.41) is 0. The van der Waals surface area contributed by atoms with Gasteiger partial charge in [-0.2, -0.15) is 0 Å². The fourth-order valence-corrected chi connectivity index (χ4v) is 12.9. The van der Waals surface area contributed by atoms with E-state index in [1.807, 2.05) is 0 Å². The maximum Gasteiger partial charge on any atom is 0.252 e. The predicted octanol–water partition coefficient (Wildman–Crippen LogP) is 15.3. The number of nitrogens with zero attached hydrogens (tertiary/aromatic N) is 3. The molecule has 0 N–H and O–H groups in total. The summed E-state index contributed by atoms with van der Waals surface area (Å²) in [6.45, 7) is 40.5. The van der Waals surface area contributed by atoms with Crippen molar-refractivity contribution < 1.29 is 0 Å². The molecule has 3 heterocycles. The quantitative estimate of drug-likeness (QED) is 0.164. The van der Waals surface area contributed by atoms with Crippen LogP contribution >= 0.6 is 0 Å². The van der Waals surface area contributed by atoms with Gasteiger partial charge < -0.3 is 14.7 Å². The van der Waals surface area contributed by atoms with E-state index in [9.17, 15) is 0 Å². The van der Waals surface area contributed by atoms with Crippen molar-refractivity contribution in [2.24, 2.45) is 5.41 Å². The Hall–Kier alpha value is -5.22. The lowest BCUT2D eigenvalue weighted by atomic mass is 9.33. The molecule has 4 aliphatic rings. The highest BCUT2D eigenvalue weighted by Gasteiger charge is 2.64. The van der Waals surface area contributed by atoms with Crippen LogP contribution < -0.4 is 31.1 Å². The second-order valence-electron chi connectivity index (χ2n) is 26.1. The van der Waals surface area contributed by atoms with Crippen molar-refractivity contribution in [2.45, 2.75) is 163 Å². The first kappa shape index (κ1) is 44.6. The van der Waals surface area contributed by atoms with Crippen molar-refractivity contribution >= 4 is 68.6 Å². The first-order valence-corrected chi connectivity index (χ1v) is 24.8. The zero-order valence-electron chi connectivity index (χ0n) is 43.3. The molecule has 1 fully saturated rings. The summed E-state index contributed by atoms with van der Waals surface area (Å²) in [6.07, 6.45) is 2.28. The number of rotatable bonds is 3. The van der Waals surface area contributed by atoms with Crippen LogP contribution in [0.15, 0.2) is 115 Å². The molecule has 0 radical (unpaired) electrons. The van der Waals surface area contributed by atoms with Crippen molar-refractivity contribution in [1.82, 2.24) is 0 Å². The average Bonchev–Trinajstić information content (AvgIpc) is 3.52. The summed E-state index contributed by atoms with van der Waals surface area (Å²) in [5.41, 5.74) is 22.6. The molecule has 2 atom stereocenters. The SMILES string of the molecule is Cc1cc2c3c(c1)N(c1cccc(C(C)(C)C)c1)c1cc(C(C)(C)C)ccc1B3c1ccc(N3c4ccc(C(C)(C)C)cc4C4(C)CC(C)(C)CC34C)cc1N2c1ccc(C(C)(C)C)cc1. The third-order valence-electron chi connectivity index (χ3n) is 16.3. The van der Waals surface area contributed by atoms with E-state index in [1.165, 1.54) is 95.3 Å². The standard InChI is InChI=1S/C62H74BN3/c1-39-31-53-55-54(32-39)65(45-20-18-19-41(33-45)57(5,6)7)51-35-43(59(11,12)13)23-28-48(51)63(55)49-29-27-46(36-52(49)64(53)44-25-21-40(22-26-44)56(2,3)4)66-50-30-24-42(58(8,9)10)34-47(50)61(16)37-60(14,15)38-62(61,66)17/h18-36H,37-38H2,1-17H3. The Morgan fingerprint density at radius 3 is 1.55 bits per heavy atom. The first-order valence-electron chi connectivity index (χ1n) is 24.8. The number of benzene rings is 6. The Kier molecular flexibility index (Phi) is 9.57. The minimum Gasteiger partial charge on any atom is -0.334 e. The minimum atomic E-state index is -0.109. The monoisotopic (exact) mass is 872 g/mol. The Morgan fingerprint density at radius 1 is 0.439 bits per heavy atom. The van der Waals surface area contributed by atoms with E-state index in [0.717, 1.165) is 12.8 Å². The van der Waals surface area contributed by atoms with Gasteiger partial charge >= 0.3 is 0 Å². The van der Waals surface area contributed by atoms with E-state index in [4.69, 9.17) is 0 Å². The van der Waals surface area contributed by atoms with Crippen molar-refractivity contribution in [1.29, 1.82) is 0 Å². The van der Waals surface area contributed by atoms with Crippen LogP contribution in [-0.4, -0.2) is 12.3 Å². The first-order chi connectivity index (χ1) is 30.6. The molecule has 10 rings (SSSR count). The molecule has 66 heavy (non-hydrogen) atoms. The lowest BCUT2D eigenvalue weighted by Crippen LogP contribution is -2.61. The number of hydrogen-bond acceptors (Lipinski definition) is 3. The molecule has 0 aromatic heterocycles. The Balaban J connectivity index is 1.26. The van der Waals surface area contributed by atoms with Crippen LogP contribution in [-0.2, 0) is 27.1 Å². The summed E-state index contributed by atoms with van der Waals surface area (Å²) in [7, 11) is 0. The molecule has 0 amide bonds. The van der Waals surface area contributed by atoms with Gasteiger partial charge in [0, 0.05) is 50.9 Å². The fraction of sp³-hybridized carbons (Fsp3) is 0.419. The van der Waals surface area contributed by atoms with E-state index < -0.39 is 0 Å². The molecular formula is C62H74BN3. The van der Waals surface area contributed by atoms with Gasteiger partial charge in [-0.05, 0) is 164 Å². The lowest BCUT2D eigenvalue weighted by molar-refractivity contribution is 0.330. The Morgan fingerprint density at radius 2 is 0.939 bits per heavy atom. The molecule has 0 bridgehead atoms. The van der Waals surface area contributed by atoms with Crippen molar-refractivity contribution in [3.8, 4) is 0 Å². The number of anilines is 8. The predicted molar refractivity (Wildman–Crippen MR) is 287 cm³/mol. The largest absolute Gasteiger partial charge is 0.334 e. The topological polar surface area (TPSA) is 9.72 Å². The summed E-state index contributed by atoms with van der Waals surface area (Å²) < 4.78 is 0. The average molecular weight is 872 g/mol. The molecule has 0 saturated heterocycles. The van der Waals surface area contributed by atoms with Crippen LogP contribution in [0.4, 0.5) is 45.5 Å². The zero-order chi connectivity index (χ0) is 47.5. The smallest absolute Gasteiger partial charge is 0.252 e. The van der Waals surface area contributed by atoms with Crippen LogP contribution in [0.2, 0.25) is 0 Å². The summed E-state index contributed by atoms with van der Waals surface area (Å²) >= 11 is 0. The molecule has 3 aliphatic heterocycles. The van der Waals surface area contributed by atoms with Crippen molar-refractivity contribution in [3.05, 3.63) is 149 Å². The third kappa shape index (κ3) is 6.73. The Labute approximate surface area is 398 Å². The maximum atomic E-state index is 2.77. The van der Waals surface area contributed by atoms with Gasteiger partial charge in [-0.1, -0.05) is 158 Å². The number of aryl methyl sites for hydroxylation is 1. The molecule has 3 nitrogen and oxygen atoms in total. The van der Waals surface area contributed by atoms with Gasteiger partial charge in [0.15, 0.2) is 0 Å². The van der Waals surface area contributed by atoms with E-state index in [-0.39, 0.29) is 44.7 Å². The van der Waals surface area contributed by atoms with Crippen LogP contribution in [0.1, 0.15) is 157 Å². The van der Waals surface area contributed by atoms with Gasteiger partial charge in [0.1, 0.15) is 0 Å². The lowest BCUT2D eigenvalue weighted by Gasteiger charge is -2.46. The van der Waals surface area contributed by atoms with E-state index in [2.05, 4.69) is 248 Å². The third-order valence-corrected chi connectivity index (χ3v) is 16.3. The summed E-state index contributed by atoms with van der Waals surface area (Å²) in [4.78, 5) is 7.99. The molecule has 4 heteroatoms. The summed E-state index contributed by atoms with van der Waals surface area (Å²) in [5.74, 6) is 0. The van der Waals surface area contributed by atoms with E-state index in [1.54, 1.807) is 0 Å². The van der Waals surface area contributed by atoms with Crippen molar-refractivity contribution in [3.63, 3.8) is 0 Å². The minimum absolute atomic E-state index is 0.00902. The van der Waals surface area contributed by atoms with Crippen LogP contribution in [0.5, 0.6) is 0 Å². The molecule has 0 spiro atoms. The van der Waals surface area contributed by atoms with Gasteiger partial charge in [-0.25, -0.2) is 0 Å². The second kappa shape index (κ2) is 14.2. The highest BCUT2D eigenvalue weighted by molar-refractivity contribution is 7.00. The van der Waals surface area contributed by atoms with Crippen LogP contribution in [0, 0.1) is 12.3 Å². The second-order valence-corrected chi connectivity index (χ2v) is 26.1. The van der Waals surface area contributed by atoms with Crippen LogP contribution in [0.3, 0.4) is 0 Å². The van der Waals surface area contributed by atoms with E-state index >= 15 is 0 Å². The van der Waals surface area contributed by atoms with E-state index in [0.29, 0.717) is 0 Å². The molecule has 2 unspecified atom stereocenters. The number of hydrogen-bond donors (Lipinski definition) is 0. The highest BCUT2D eigenvalue weighted by Crippen LogP contribution is 2.67. The van der Waals surface area contributed by atoms with Crippen molar-refractivity contribution in [2.75, 3.05) is 14.7 Å². The van der Waals surface area contributed by atoms with Gasteiger partial charge in [0.05, 0.1) is 5.54 Å². The number of fused-ring (bicyclic) bond motifs is 7. The zero-order valence-corrected chi connectivity index (χ0v) is 43.3. The highest BCUT2D eigenvalue weighted by atomic mass is 15.3. The molecule has 6 aromatic rings. The molecule has 340 valence electrons. The van der Waals surface area contributed by atoms with Gasteiger partial charge in [0.2, 0.25) is 0 Å². The molecule has 1 saturated carbocycles. The van der Waals surface area contributed by atoms with Gasteiger partial charge in [-0.15, -0.1) is 0 Å². The molecule has 1 aliphatic carbocycles. The Bertz CT molecular complexity index is 2950. The van der Waals surface area contributed by atoms with Gasteiger partial charge in [-0.3, -0.25) is 0 Å². The van der Waals surface area contributed by atoms with Gasteiger partial charge in [0.25, 0.3) is 6.71 Å². The summed E-state index contributed by atoms with van der Waals surface area (Å²) in [6, 6.07) is 46.1. The molecular weight excluding hydrogens is 798 g/mol.